The number of ether oxygens (including phenoxy) is 1. The summed E-state index contributed by atoms with van der Waals surface area (Å²) in [6.45, 7) is 4.19. The van der Waals surface area contributed by atoms with Crippen molar-refractivity contribution in [3.05, 3.63) is 60.2 Å². The van der Waals surface area contributed by atoms with Gasteiger partial charge in [0, 0.05) is 24.4 Å². The van der Waals surface area contributed by atoms with Crippen LogP contribution < -0.4 is 15.0 Å². The number of carbonyl (C=O) groups excluding carboxylic acids is 2. The molecule has 1 atom stereocenters. The van der Waals surface area contributed by atoms with E-state index in [-0.39, 0.29) is 36.6 Å². The van der Waals surface area contributed by atoms with Crippen LogP contribution in [0.3, 0.4) is 0 Å². The molecule has 0 saturated carbocycles. The molecule has 4 rings (SSSR count). The van der Waals surface area contributed by atoms with E-state index in [0.717, 1.165) is 12.8 Å². The van der Waals surface area contributed by atoms with Gasteiger partial charge in [-0.1, -0.05) is 31.1 Å². The fraction of sp³-hybridized carbons (Fsp3) is 0.385. The van der Waals surface area contributed by atoms with E-state index in [9.17, 15) is 14.0 Å². The SMILES string of the molecule is CCC(CC)NC(=O)C1CN(C(=O)CCCc2nc(-c3ccc(F)cc3)no2)c2ccccc2O1. The Hall–Kier alpha value is -3.75. The number of hydrogen-bond donors (Lipinski definition) is 1. The molecule has 0 fully saturated rings. The number of fused-ring (bicyclic) bond motifs is 1. The zero-order valence-electron chi connectivity index (χ0n) is 19.9. The summed E-state index contributed by atoms with van der Waals surface area (Å²) in [5, 5.41) is 6.95. The number of para-hydroxylation sites is 2. The minimum Gasteiger partial charge on any atom is -0.477 e. The Labute approximate surface area is 203 Å². The van der Waals surface area contributed by atoms with Crippen LogP contribution in [-0.2, 0) is 16.0 Å². The number of aryl methyl sites for hydroxylation is 1. The zero-order chi connectivity index (χ0) is 24.8. The van der Waals surface area contributed by atoms with Crippen LogP contribution in [0.4, 0.5) is 10.1 Å². The second kappa shape index (κ2) is 11.1. The summed E-state index contributed by atoms with van der Waals surface area (Å²) in [6, 6.07) is 13.1. The van der Waals surface area contributed by atoms with Crippen LogP contribution in [0.2, 0.25) is 0 Å². The molecule has 0 saturated heterocycles. The lowest BCUT2D eigenvalue weighted by Crippen LogP contribution is -2.52. The molecule has 2 aromatic carbocycles. The number of nitrogens with zero attached hydrogens (tertiary/aromatic N) is 3. The van der Waals surface area contributed by atoms with E-state index in [1.54, 1.807) is 23.1 Å². The Bertz CT molecular complexity index is 1160. The van der Waals surface area contributed by atoms with E-state index in [4.69, 9.17) is 9.26 Å². The average molecular weight is 481 g/mol. The first-order valence-electron chi connectivity index (χ1n) is 11.9. The van der Waals surface area contributed by atoms with E-state index >= 15 is 0 Å². The van der Waals surface area contributed by atoms with Crippen molar-refractivity contribution in [1.82, 2.24) is 15.5 Å². The normalized spacial score (nSPS) is 15.0. The number of carbonyl (C=O) groups is 2. The zero-order valence-corrected chi connectivity index (χ0v) is 19.9. The van der Waals surface area contributed by atoms with Crippen molar-refractivity contribution in [1.29, 1.82) is 0 Å². The maximum atomic E-state index is 13.1. The summed E-state index contributed by atoms with van der Waals surface area (Å²) in [4.78, 5) is 31.9. The molecule has 0 aliphatic carbocycles. The molecule has 1 N–H and O–H groups in total. The van der Waals surface area contributed by atoms with Gasteiger partial charge in [-0.15, -0.1) is 0 Å². The number of benzene rings is 2. The monoisotopic (exact) mass is 480 g/mol. The van der Waals surface area contributed by atoms with Crippen LogP contribution in [0.1, 0.15) is 45.4 Å². The first-order chi connectivity index (χ1) is 17.0. The summed E-state index contributed by atoms with van der Waals surface area (Å²) in [5.41, 5.74) is 1.31. The lowest BCUT2D eigenvalue weighted by atomic mass is 10.1. The molecule has 8 nitrogen and oxygen atoms in total. The van der Waals surface area contributed by atoms with E-state index in [2.05, 4.69) is 15.5 Å². The molecule has 1 unspecified atom stereocenters. The van der Waals surface area contributed by atoms with Crippen LogP contribution in [0.25, 0.3) is 11.4 Å². The smallest absolute Gasteiger partial charge is 0.263 e. The van der Waals surface area contributed by atoms with Crippen molar-refractivity contribution in [3.8, 4) is 17.1 Å². The highest BCUT2D eigenvalue weighted by Gasteiger charge is 2.34. The predicted octanol–water partition coefficient (Wildman–Crippen LogP) is 4.30. The molecule has 2 heterocycles. The number of nitrogens with one attached hydrogen (secondary N) is 1. The van der Waals surface area contributed by atoms with Crippen molar-refractivity contribution in [2.75, 3.05) is 11.4 Å². The van der Waals surface area contributed by atoms with Crippen LogP contribution >= 0.6 is 0 Å². The molecule has 0 spiro atoms. The van der Waals surface area contributed by atoms with Gasteiger partial charge < -0.3 is 19.5 Å². The second-order valence-electron chi connectivity index (χ2n) is 8.47. The van der Waals surface area contributed by atoms with Crippen molar-refractivity contribution < 1.29 is 23.2 Å². The number of amides is 2. The third kappa shape index (κ3) is 5.85. The van der Waals surface area contributed by atoms with E-state index in [1.807, 2.05) is 32.0 Å². The number of halogens is 1. The van der Waals surface area contributed by atoms with Gasteiger partial charge in [-0.25, -0.2) is 4.39 Å². The highest BCUT2D eigenvalue weighted by atomic mass is 19.1. The molecule has 35 heavy (non-hydrogen) atoms. The van der Waals surface area contributed by atoms with Gasteiger partial charge >= 0.3 is 0 Å². The van der Waals surface area contributed by atoms with Crippen molar-refractivity contribution in [3.63, 3.8) is 0 Å². The predicted molar refractivity (Wildman–Crippen MR) is 128 cm³/mol. The molecule has 9 heteroatoms. The molecule has 0 radical (unpaired) electrons. The fourth-order valence-electron chi connectivity index (χ4n) is 3.99. The van der Waals surface area contributed by atoms with Crippen molar-refractivity contribution in [2.24, 2.45) is 0 Å². The average Bonchev–Trinajstić information content (AvgIpc) is 3.35. The van der Waals surface area contributed by atoms with Crippen LogP contribution in [0.15, 0.2) is 53.1 Å². The van der Waals surface area contributed by atoms with Gasteiger partial charge in [0.2, 0.25) is 17.6 Å². The van der Waals surface area contributed by atoms with Gasteiger partial charge in [0.15, 0.2) is 6.10 Å². The Balaban J connectivity index is 1.38. The molecular formula is C26H29FN4O4. The Kier molecular flexibility index (Phi) is 7.74. The fourth-order valence-corrected chi connectivity index (χ4v) is 3.99. The molecule has 184 valence electrons. The van der Waals surface area contributed by atoms with Crippen LogP contribution in [-0.4, -0.2) is 40.6 Å². The maximum Gasteiger partial charge on any atom is 0.263 e. The molecule has 2 amide bonds. The largest absolute Gasteiger partial charge is 0.477 e. The molecule has 1 aromatic heterocycles. The third-order valence-corrected chi connectivity index (χ3v) is 6.05. The molecule has 3 aromatic rings. The highest BCUT2D eigenvalue weighted by Crippen LogP contribution is 2.34. The number of hydrogen-bond acceptors (Lipinski definition) is 6. The van der Waals surface area contributed by atoms with Gasteiger partial charge in [-0.2, -0.15) is 4.98 Å². The Morgan fingerprint density at radius 3 is 2.63 bits per heavy atom. The maximum absolute atomic E-state index is 13.1. The topological polar surface area (TPSA) is 97.6 Å². The van der Waals surface area contributed by atoms with E-state index in [0.29, 0.717) is 41.6 Å². The summed E-state index contributed by atoms with van der Waals surface area (Å²) in [5.74, 6) is 0.625. The summed E-state index contributed by atoms with van der Waals surface area (Å²) in [7, 11) is 0. The van der Waals surface area contributed by atoms with Crippen LogP contribution in [0, 0.1) is 5.82 Å². The van der Waals surface area contributed by atoms with Gasteiger partial charge in [0.05, 0.1) is 12.2 Å². The molecule has 1 aliphatic rings. The molecule has 0 bridgehead atoms. The van der Waals surface area contributed by atoms with Gasteiger partial charge in [0.25, 0.3) is 5.91 Å². The standard InChI is InChI=1S/C26H29FN4O4/c1-3-19(4-2)28-26(33)22-16-31(20-8-5-6-9-21(20)34-22)24(32)11-7-10-23-29-25(30-35-23)17-12-14-18(27)15-13-17/h5-6,8-9,12-15,19,22H,3-4,7,10-11,16H2,1-2H3,(H,28,33). The summed E-state index contributed by atoms with van der Waals surface area (Å²) < 4.78 is 24.3. The lowest BCUT2D eigenvalue weighted by Gasteiger charge is -2.34. The van der Waals surface area contributed by atoms with Gasteiger partial charge in [-0.05, 0) is 55.7 Å². The first kappa shape index (κ1) is 24.4. The number of rotatable bonds is 9. The third-order valence-electron chi connectivity index (χ3n) is 6.05. The quantitative estimate of drug-likeness (QED) is 0.491. The van der Waals surface area contributed by atoms with Crippen LogP contribution in [0.5, 0.6) is 5.75 Å². The Morgan fingerprint density at radius 2 is 1.89 bits per heavy atom. The van der Waals surface area contributed by atoms with Crippen molar-refractivity contribution in [2.45, 2.75) is 58.1 Å². The first-order valence-corrected chi connectivity index (χ1v) is 11.9. The minimum absolute atomic E-state index is 0.0710. The second-order valence-corrected chi connectivity index (χ2v) is 8.47. The summed E-state index contributed by atoms with van der Waals surface area (Å²) >= 11 is 0. The molecular weight excluding hydrogens is 451 g/mol. The van der Waals surface area contributed by atoms with E-state index in [1.165, 1.54) is 12.1 Å². The van der Waals surface area contributed by atoms with Crippen molar-refractivity contribution >= 4 is 17.5 Å². The Morgan fingerprint density at radius 1 is 1.14 bits per heavy atom. The summed E-state index contributed by atoms with van der Waals surface area (Å²) in [6.07, 6.45) is 2.03. The van der Waals surface area contributed by atoms with Gasteiger partial charge in [0.1, 0.15) is 11.6 Å². The van der Waals surface area contributed by atoms with Gasteiger partial charge in [-0.3, -0.25) is 9.59 Å². The lowest BCUT2D eigenvalue weighted by molar-refractivity contribution is -0.129. The number of aromatic nitrogens is 2. The highest BCUT2D eigenvalue weighted by molar-refractivity contribution is 5.97. The minimum atomic E-state index is -0.774. The van der Waals surface area contributed by atoms with E-state index < -0.39 is 6.10 Å². The molecule has 1 aliphatic heterocycles. The number of anilines is 1.